The average molecular weight is 508 g/mol. The van der Waals surface area contributed by atoms with Crippen molar-refractivity contribution in [2.45, 2.75) is 6.92 Å². The Morgan fingerprint density at radius 1 is 1.03 bits per heavy atom. The number of benzene rings is 3. The van der Waals surface area contributed by atoms with Crippen LogP contribution in [0.3, 0.4) is 0 Å². The molecular weight excluding hydrogens is 491 g/mol. The van der Waals surface area contributed by atoms with Gasteiger partial charge in [-0.05, 0) is 89.2 Å². The molecule has 1 N–H and O–H groups in total. The highest BCUT2D eigenvalue weighted by Crippen LogP contribution is 2.19. The molecule has 0 amide bonds. The summed E-state index contributed by atoms with van der Waals surface area (Å²) >= 11 is 2.16. The second kappa shape index (κ2) is 8.23. The van der Waals surface area contributed by atoms with Gasteiger partial charge in [0.25, 0.3) is 5.56 Å². The molecule has 6 heteroatoms. The average Bonchev–Trinajstić information content (AvgIpc) is 2.74. The van der Waals surface area contributed by atoms with Crippen molar-refractivity contribution in [1.82, 2.24) is 9.55 Å². The summed E-state index contributed by atoms with van der Waals surface area (Å²) < 4.78 is 2.45. The van der Waals surface area contributed by atoms with Gasteiger partial charge in [0, 0.05) is 3.57 Å². The first-order chi connectivity index (χ1) is 14.4. The summed E-state index contributed by atoms with van der Waals surface area (Å²) in [6.07, 6.45) is 3.74. The van der Waals surface area contributed by atoms with Crippen molar-refractivity contribution in [3.63, 3.8) is 0 Å². The molecule has 0 aliphatic carbocycles. The molecule has 0 aliphatic rings. The molecule has 3 aromatic carbocycles. The van der Waals surface area contributed by atoms with E-state index < -0.39 is 5.97 Å². The summed E-state index contributed by atoms with van der Waals surface area (Å²) in [6, 6.07) is 19.7. The Labute approximate surface area is 186 Å². The van der Waals surface area contributed by atoms with Crippen molar-refractivity contribution < 1.29 is 9.90 Å². The molecule has 0 bridgehead atoms. The van der Waals surface area contributed by atoms with Crippen LogP contribution in [0.25, 0.3) is 28.7 Å². The van der Waals surface area contributed by atoms with E-state index in [1.807, 2.05) is 61.5 Å². The molecule has 5 nitrogen and oxygen atoms in total. The Morgan fingerprint density at radius 2 is 1.77 bits per heavy atom. The molecule has 4 rings (SSSR count). The van der Waals surface area contributed by atoms with Gasteiger partial charge in [-0.15, -0.1) is 0 Å². The van der Waals surface area contributed by atoms with Gasteiger partial charge in [-0.2, -0.15) is 0 Å². The van der Waals surface area contributed by atoms with E-state index in [2.05, 4.69) is 22.6 Å². The van der Waals surface area contributed by atoms with E-state index in [0.29, 0.717) is 22.4 Å². The van der Waals surface area contributed by atoms with Gasteiger partial charge in [-0.1, -0.05) is 30.3 Å². The Balaban J connectivity index is 1.94. The Morgan fingerprint density at radius 3 is 2.47 bits per heavy atom. The molecule has 0 aliphatic heterocycles. The minimum atomic E-state index is -1.01. The SMILES string of the molecule is Cc1ccccc1/C=C/c1nc2ccc(I)cc2c(=O)n1-c1ccc(C(=O)O)cc1. The number of carboxylic acids is 1. The fourth-order valence-corrected chi connectivity index (χ4v) is 3.72. The molecule has 0 radical (unpaired) electrons. The number of nitrogens with zero attached hydrogens (tertiary/aromatic N) is 2. The Kier molecular flexibility index (Phi) is 5.50. The molecule has 0 spiro atoms. The van der Waals surface area contributed by atoms with Crippen LogP contribution in [0.4, 0.5) is 0 Å². The third-order valence-corrected chi connectivity index (χ3v) is 5.50. The van der Waals surface area contributed by atoms with Gasteiger partial charge >= 0.3 is 5.97 Å². The van der Waals surface area contributed by atoms with Crippen LogP contribution in [0.15, 0.2) is 71.5 Å². The second-order valence-electron chi connectivity index (χ2n) is 6.81. The Hall–Kier alpha value is -3.26. The molecule has 4 aromatic rings. The van der Waals surface area contributed by atoms with Gasteiger partial charge in [0.2, 0.25) is 0 Å². The van der Waals surface area contributed by atoms with Crippen molar-refractivity contribution in [3.05, 3.63) is 103 Å². The van der Waals surface area contributed by atoms with E-state index in [1.165, 1.54) is 16.7 Å². The summed E-state index contributed by atoms with van der Waals surface area (Å²) in [5.41, 5.74) is 3.27. The number of carbonyl (C=O) groups is 1. The predicted molar refractivity (Wildman–Crippen MR) is 127 cm³/mol. The van der Waals surface area contributed by atoms with E-state index in [4.69, 9.17) is 4.98 Å². The van der Waals surface area contributed by atoms with Crippen LogP contribution in [-0.2, 0) is 0 Å². The van der Waals surface area contributed by atoms with Crippen molar-refractivity contribution in [2.75, 3.05) is 0 Å². The summed E-state index contributed by atoms with van der Waals surface area (Å²) in [5.74, 6) is -0.542. The van der Waals surface area contributed by atoms with Crippen LogP contribution >= 0.6 is 22.6 Å². The van der Waals surface area contributed by atoms with Crippen LogP contribution < -0.4 is 5.56 Å². The highest BCUT2D eigenvalue weighted by Gasteiger charge is 2.12. The van der Waals surface area contributed by atoms with Crippen molar-refractivity contribution in [2.24, 2.45) is 0 Å². The van der Waals surface area contributed by atoms with Crippen molar-refractivity contribution in [3.8, 4) is 5.69 Å². The highest BCUT2D eigenvalue weighted by atomic mass is 127. The molecule has 148 valence electrons. The summed E-state index contributed by atoms with van der Waals surface area (Å²) in [7, 11) is 0. The summed E-state index contributed by atoms with van der Waals surface area (Å²) in [4.78, 5) is 29.3. The summed E-state index contributed by atoms with van der Waals surface area (Å²) in [6.45, 7) is 2.02. The lowest BCUT2D eigenvalue weighted by atomic mass is 10.1. The lowest BCUT2D eigenvalue weighted by molar-refractivity contribution is 0.0697. The number of hydrogen-bond acceptors (Lipinski definition) is 3. The fraction of sp³-hybridized carbons (Fsp3) is 0.0417. The molecular formula is C24H17IN2O3. The number of hydrogen-bond donors (Lipinski definition) is 1. The van der Waals surface area contributed by atoms with Crippen molar-refractivity contribution in [1.29, 1.82) is 0 Å². The zero-order chi connectivity index (χ0) is 21.3. The molecule has 30 heavy (non-hydrogen) atoms. The lowest BCUT2D eigenvalue weighted by Gasteiger charge is -2.12. The first-order valence-corrected chi connectivity index (χ1v) is 10.3. The van der Waals surface area contributed by atoms with Gasteiger partial charge in [-0.3, -0.25) is 9.36 Å². The highest BCUT2D eigenvalue weighted by molar-refractivity contribution is 14.1. The molecule has 0 saturated carbocycles. The second-order valence-corrected chi connectivity index (χ2v) is 8.06. The zero-order valence-electron chi connectivity index (χ0n) is 16.0. The number of aromatic carboxylic acids is 1. The monoisotopic (exact) mass is 508 g/mol. The van der Waals surface area contributed by atoms with Crippen LogP contribution in [0.2, 0.25) is 0 Å². The lowest BCUT2D eigenvalue weighted by Crippen LogP contribution is -2.22. The van der Waals surface area contributed by atoms with Crippen LogP contribution in [0.5, 0.6) is 0 Å². The molecule has 0 fully saturated rings. The topological polar surface area (TPSA) is 72.2 Å². The third-order valence-electron chi connectivity index (χ3n) is 4.83. The minimum Gasteiger partial charge on any atom is -0.478 e. The first kappa shape index (κ1) is 20.0. The van der Waals surface area contributed by atoms with E-state index >= 15 is 0 Å². The number of carboxylic acid groups (broad SMARTS) is 1. The van der Waals surface area contributed by atoms with E-state index in [0.717, 1.165) is 14.7 Å². The normalized spacial score (nSPS) is 11.3. The van der Waals surface area contributed by atoms with Gasteiger partial charge in [0.05, 0.1) is 22.2 Å². The molecule has 1 heterocycles. The maximum atomic E-state index is 13.4. The largest absolute Gasteiger partial charge is 0.478 e. The van der Waals surface area contributed by atoms with Crippen molar-refractivity contribution >= 4 is 51.6 Å². The number of aryl methyl sites for hydroxylation is 1. The fourth-order valence-electron chi connectivity index (χ4n) is 3.23. The van der Waals surface area contributed by atoms with Gasteiger partial charge in [0.15, 0.2) is 0 Å². The van der Waals surface area contributed by atoms with E-state index in [-0.39, 0.29) is 11.1 Å². The van der Waals surface area contributed by atoms with Crippen LogP contribution in [-0.4, -0.2) is 20.6 Å². The minimum absolute atomic E-state index is 0.159. The number of halogens is 1. The Bertz CT molecular complexity index is 1360. The zero-order valence-corrected chi connectivity index (χ0v) is 18.2. The van der Waals surface area contributed by atoms with Gasteiger partial charge < -0.3 is 5.11 Å². The van der Waals surface area contributed by atoms with Gasteiger partial charge in [0.1, 0.15) is 5.82 Å². The summed E-state index contributed by atoms with van der Waals surface area (Å²) in [5, 5.41) is 9.68. The molecule has 1 aromatic heterocycles. The van der Waals surface area contributed by atoms with Crippen LogP contribution in [0.1, 0.15) is 27.3 Å². The maximum Gasteiger partial charge on any atom is 0.335 e. The molecule has 0 atom stereocenters. The van der Waals surface area contributed by atoms with E-state index in [1.54, 1.807) is 12.1 Å². The van der Waals surface area contributed by atoms with Crippen LogP contribution in [0, 0.1) is 10.5 Å². The number of aromatic nitrogens is 2. The van der Waals surface area contributed by atoms with E-state index in [9.17, 15) is 14.7 Å². The third kappa shape index (κ3) is 3.91. The maximum absolute atomic E-state index is 13.4. The molecule has 0 saturated heterocycles. The standard InChI is InChI=1S/C24H17IN2O3/c1-15-4-2-3-5-16(15)8-13-22-26-21-12-9-18(25)14-20(21)23(28)27(22)19-10-6-17(7-11-19)24(29)30/h2-14H,1H3,(H,29,30)/b13-8+. The quantitative estimate of drug-likeness (QED) is 0.387. The number of fused-ring (bicyclic) bond motifs is 1. The molecule has 0 unspecified atom stereocenters. The van der Waals surface area contributed by atoms with Gasteiger partial charge in [-0.25, -0.2) is 9.78 Å². The first-order valence-electron chi connectivity index (χ1n) is 9.24. The number of rotatable bonds is 4. The smallest absolute Gasteiger partial charge is 0.335 e. The predicted octanol–water partition coefficient (Wildman–Crippen LogP) is 5.17.